The molecule has 0 fully saturated rings. The van der Waals surface area contributed by atoms with Crippen molar-refractivity contribution in [2.75, 3.05) is 19.6 Å². The molecule has 0 saturated heterocycles. The Labute approximate surface area is 112 Å². The second-order valence-corrected chi connectivity index (χ2v) is 5.33. The van der Waals surface area contributed by atoms with Gasteiger partial charge in [-0.3, -0.25) is 0 Å². The Morgan fingerprint density at radius 2 is 1.56 bits per heavy atom. The van der Waals surface area contributed by atoms with Crippen LogP contribution in [0.5, 0.6) is 0 Å². The zero-order chi connectivity index (χ0) is 13.7. The maximum Gasteiger partial charge on any atom is 0.0208 e. The van der Waals surface area contributed by atoms with Crippen LogP contribution in [-0.2, 0) is 6.42 Å². The van der Waals surface area contributed by atoms with Crippen molar-refractivity contribution < 1.29 is 0 Å². The summed E-state index contributed by atoms with van der Waals surface area (Å²) in [7, 11) is 0. The zero-order valence-electron chi connectivity index (χ0n) is 12.6. The highest BCUT2D eigenvalue weighted by molar-refractivity contribution is 5.38. The van der Waals surface area contributed by atoms with Gasteiger partial charge in [0.2, 0.25) is 0 Å². The Bertz CT molecular complexity index is 358. The van der Waals surface area contributed by atoms with E-state index in [-0.39, 0.29) is 6.04 Å². The molecule has 1 aromatic rings. The molecule has 1 rings (SSSR count). The number of nitrogens with two attached hydrogens (primary N) is 1. The molecule has 0 heterocycles. The van der Waals surface area contributed by atoms with Crippen LogP contribution >= 0.6 is 0 Å². The molecule has 0 amide bonds. The van der Waals surface area contributed by atoms with Crippen LogP contribution in [0.3, 0.4) is 0 Å². The van der Waals surface area contributed by atoms with Crippen LogP contribution in [0.4, 0.5) is 0 Å². The van der Waals surface area contributed by atoms with Crippen molar-refractivity contribution in [3.05, 3.63) is 34.4 Å². The maximum atomic E-state index is 6.29. The molecule has 0 radical (unpaired) electrons. The van der Waals surface area contributed by atoms with Crippen LogP contribution < -0.4 is 5.73 Å². The highest BCUT2D eigenvalue weighted by Crippen LogP contribution is 2.18. The second-order valence-electron chi connectivity index (χ2n) is 5.33. The largest absolute Gasteiger partial charge is 0.326 e. The molecular weight excluding hydrogens is 220 g/mol. The third-order valence-corrected chi connectivity index (χ3v) is 3.69. The third kappa shape index (κ3) is 4.11. The lowest BCUT2D eigenvalue weighted by atomic mass is 9.94. The van der Waals surface area contributed by atoms with E-state index in [9.17, 15) is 0 Å². The zero-order valence-corrected chi connectivity index (χ0v) is 12.6. The van der Waals surface area contributed by atoms with Crippen molar-refractivity contribution in [1.29, 1.82) is 0 Å². The van der Waals surface area contributed by atoms with Gasteiger partial charge in [-0.25, -0.2) is 0 Å². The highest BCUT2D eigenvalue weighted by atomic mass is 15.1. The molecule has 18 heavy (non-hydrogen) atoms. The van der Waals surface area contributed by atoms with Gasteiger partial charge in [0.1, 0.15) is 0 Å². The molecule has 1 atom stereocenters. The van der Waals surface area contributed by atoms with Gasteiger partial charge in [0.25, 0.3) is 0 Å². The first kappa shape index (κ1) is 15.2. The number of likely N-dealkylation sites (N-methyl/N-ethyl adjacent to an activating group) is 1. The minimum atomic E-state index is 0.227. The van der Waals surface area contributed by atoms with Gasteiger partial charge in [-0.05, 0) is 57.0 Å². The van der Waals surface area contributed by atoms with E-state index in [1.54, 1.807) is 0 Å². The number of hydrogen-bond donors (Lipinski definition) is 1. The smallest absolute Gasteiger partial charge is 0.0208 e. The molecule has 2 heteroatoms. The van der Waals surface area contributed by atoms with Crippen molar-refractivity contribution in [1.82, 2.24) is 4.90 Å². The van der Waals surface area contributed by atoms with E-state index < -0.39 is 0 Å². The van der Waals surface area contributed by atoms with E-state index in [0.29, 0.717) is 0 Å². The Hall–Kier alpha value is -0.860. The lowest BCUT2D eigenvalue weighted by Crippen LogP contribution is -2.39. The number of aryl methyl sites for hydroxylation is 3. The average molecular weight is 248 g/mol. The molecular formula is C16H28N2. The first-order valence-corrected chi connectivity index (χ1v) is 7.02. The molecule has 2 N–H and O–H groups in total. The lowest BCUT2D eigenvalue weighted by molar-refractivity contribution is 0.282. The topological polar surface area (TPSA) is 29.3 Å². The Morgan fingerprint density at radius 1 is 1.06 bits per heavy atom. The van der Waals surface area contributed by atoms with E-state index in [4.69, 9.17) is 5.73 Å². The van der Waals surface area contributed by atoms with E-state index in [1.807, 2.05) is 0 Å². The van der Waals surface area contributed by atoms with Crippen LogP contribution in [0.15, 0.2) is 12.1 Å². The molecule has 1 unspecified atom stereocenters. The van der Waals surface area contributed by atoms with Crippen molar-refractivity contribution in [3.8, 4) is 0 Å². The monoisotopic (exact) mass is 248 g/mol. The van der Waals surface area contributed by atoms with Gasteiger partial charge in [-0.15, -0.1) is 0 Å². The summed E-state index contributed by atoms with van der Waals surface area (Å²) in [4.78, 5) is 2.39. The molecule has 102 valence electrons. The minimum absolute atomic E-state index is 0.227. The molecule has 1 aromatic carbocycles. The summed E-state index contributed by atoms with van der Waals surface area (Å²) < 4.78 is 0. The average Bonchev–Trinajstić information content (AvgIpc) is 2.30. The third-order valence-electron chi connectivity index (χ3n) is 3.69. The predicted molar refractivity (Wildman–Crippen MR) is 80.1 cm³/mol. The van der Waals surface area contributed by atoms with Gasteiger partial charge in [0.05, 0.1) is 0 Å². The Morgan fingerprint density at radius 3 is 2.00 bits per heavy atom. The summed E-state index contributed by atoms with van der Waals surface area (Å²) >= 11 is 0. The molecule has 2 nitrogen and oxygen atoms in total. The van der Waals surface area contributed by atoms with Gasteiger partial charge in [0.15, 0.2) is 0 Å². The van der Waals surface area contributed by atoms with Crippen molar-refractivity contribution in [2.24, 2.45) is 5.73 Å². The predicted octanol–water partition coefficient (Wildman–Crippen LogP) is 2.82. The van der Waals surface area contributed by atoms with E-state index in [0.717, 1.165) is 26.1 Å². The summed E-state index contributed by atoms with van der Waals surface area (Å²) in [5.74, 6) is 0. The quantitative estimate of drug-likeness (QED) is 0.839. The first-order valence-electron chi connectivity index (χ1n) is 7.02. The summed E-state index contributed by atoms with van der Waals surface area (Å²) in [6.07, 6.45) is 0.981. The van der Waals surface area contributed by atoms with E-state index >= 15 is 0 Å². The first-order chi connectivity index (χ1) is 8.47. The van der Waals surface area contributed by atoms with Crippen molar-refractivity contribution in [2.45, 2.75) is 47.1 Å². The van der Waals surface area contributed by atoms with Gasteiger partial charge < -0.3 is 10.6 Å². The van der Waals surface area contributed by atoms with E-state index in [2.05, 4.69) is 51.7 Å². The van der Waals surface area contributed by atoms with Crippen molar-refractivity contribution in [3.63, 3.8) is 0 Å². The van der Waals surface area contributed by atoms with Gasteiger partial charge >= 0.3 is 0 Å². The van der Waals surface area contributed by atoms with Crippen molar-refractivity contribution >= 4 is 0 Å². The van der Waals surface area contributed by atoms with Crippen LogP contribution in [0.1, 0.15) is 36.1 Å². The van der Waals surface area contributed by atoms with Crippen LogP contribution in [-0.4, -0.2) is 30.6 Å². The second kappa shape index (κ2) is 6.91. The van der Waals surface area contributed by atoms with Gasteiger partial charge in [-0.1, -0.05) is 31.5 Å². The highest BCUT2D eigenvalue weighted by Gasteiger charge is 2.12. The van der Waals surface area contributed by atoms with Gasteiger partial charge in [0, 0.05) is 12.6 Å². The standard InChI is InChI=1S/C16H28N2/c1-6-18(7-2)11-15(17)10-16-13(4)8-12(3)9-14(16)5/h8-9,15H,6-7,10-11,17H2,1-5H3. The van der Waals surface area contributed by atoms with Gasteiger partial charge in [-0.2, -0.15) is 0 Å². The normalized spacial score (nSPS) is 13.1. The molecule has 0 aliphatic heterocycles. The summed E-state index contributed by atoms with van der Waals surface area (Å²) in [6.45, 7) is 14.1. The summed E-state index contributed by atoms with van der Waals surface area (Å²) in [5.41, 5.74) is 11.8. The van der Waals surface area contributed by atoms with Crippen LogP contribution in [0.25, 0.3) is 0 Å². The molecule has 0 aromatic heterocycles. The number of hydrogen-bond acceptors (Lipinski definition) is 2. The Kier molecular flexibility index (Phi) is 5.83. The maximum absolute atomic E-state index is 6.29. The fourth-order valence-corrected chi connectivity index (χ4v) is 2.67. The van der Waals surface area contributed by atoms with E-state index in [1.165, 1.54) is 22.3 Å². The number of benzene rings is 1. The number of rotatable bonds is 6. The molecule has 0 aliphatic carbocycles. The Balaban J connectivity index is 2.73. The number of nitrogens with zero attached hydrogens (tertiary/aromatic N) is 1. The molecule has 0 bridgehead atoms. The molecule has 0 spiro atoms. The SMILES string of the molecule is CCN(CC)CC(N)Cc1c(C)cc(C)cc1C. The molecule has 0 aliphatic rings. The summed E-state index contributed by atoms with van der Waals surface area (Å²) in [5, 5.41) is 0. The fourth-order valence-electron chi connectivity index (χ4n) is 2.67. The van der Waals surface area contributed by atoms with Crippen LogP contribution in [0.2, 0.25) is 0 Å². The summed E-state index contributed by atoms with van der Waals surface area (Å²) in [6, 6.07) is 4.74. The fraction of sp³-hybridized carbons (Fsp3) is 0.625. The molecule has 0 saturated carbocycles. The minimum Gasteiger partial charge on any atom is -0.326 e. The lowest BCUT2D eigenvalue weighted by Gasteiger charge is -2.23. The van der Waals surface area contributed by atoms with Crippen LogP contribution in [0, 0.1) is 20.8 Å².